The number of thiazole rings is 6. The number of rotatable bonds is 8. The summed E-state index contributed by atoms with van der Waals surface area (Å²) in [5.41, 5.74) is 34.9. The van der Waals surface area contributed by atoms with Crippen LogP contribution in [-0.2, 0) is 0 Å². The standard InChI is InChI=1S/2C14H10FNOS.2C13H9FN2OS.2C13H9FN2S/c2*1-17-11-6-7-12-13(8-11)18-14(16-12)9-2-4-10(15)5-3-9;2*14-7-1-3-9(10(15)5-7)13-16-11-4-2-8(17)6-12(11)18-13;2*14-8-5-6-9(10(15)7-8)13-16-11-3-1-2-4-12(11)17-13/h2*2-8H,1H3;2*1-6,17H,15H2;2*1-7H,15H2/i15-1;;14-1;;14-1;. The van der Waals surface area contributed by atoms with Gasteiger partial charge in [0, 0.05) is 56.1 Å². The second-order valence-corrected chi connectivity index (χ2v) is 29.1. The molecule has 0 saturated carbocycles. The Bertz CT molecular complexity index is 5730. The van der Waals surface area contributed by atoms with Crippen LogP contribution in [0.5, 0.6) is 23.0 Å². The molecule has 106 heavy (non-hydrogen) atoms. The molecule has 0 saturated heterocycles. The second-order valence-electron chi connectivity index (χ2n) is 23.0. The summed E-state index contributed by atoms with van der Waals surface area (Å²) in [5, 5.41) is 23.7. The van der Waals surface area contributed by atoms with Crippen molar-refractivity contribution < 1.29 is 46.0 Å². The van der Waals surface area contributed by atoms with Gasteiger partial charge in [-0.05, 0) is 218 Å². The predicted octanol–water partition coefficient (Wildman–Crippen LogP) is 22.4. The van der Waals surface area contributed by atoms with E-state index in [0.29, 0.717) is 43.9 Å². The molecule has 10 N–H and O–H groups in total. The number of nitrogens with two attached hydrogens (primary N) is 4. The minimum Gasteiger partial charge on any atom is -0.508 e. The Morgan fingerprint density at radius 3 is 0.821 bits per heavy atom. The summed E-state index contributed by atoms with van der Waals surface area (Å²) >= 11 is 9.08. The van der Waals surface area contributed by atoms with Crippen LogP contribution in [0.2, 0.25) is 0 Å². The number of para-hydroxylation sites is 2. The lowest BCUT2D eigenvalue weighted by molar-refractivity contribution is 0.415. The molecular formula is C80H56F6N10O4S6. The van der Waals surface area contributed by atoms with Gasteiger partial charge < -0.3 is 42.6 Å². The Balaban J connectivity index is 0.000000113. The highest BCUT2D eigenvalue weighted by Crippen LogP contribution is 2.40. The molecule has 0 bridgehead atoms. The van der Waals surface area contributed by atoms with Crippen LogP contribution in [0.15, 0.2) is 243 Å². The van der Waals surface area contributed by atoms with Gasteiger partial charge in [0.2, 0.25) is 0 Å². The third kappa shape index (κ3) is 17.3. The average Bonchev–Trinajstić information content (AvgIpc) is 1.88. The molecule has 26 heteroatoms. The highest BCUT2D eigenvalue weighted by Gasteiger charge is 2.16. The van der Waals surface area contributed by atoms with Gasteiger partial charge in [-0.3, -0.25) is 0 Å². The maximum Gasteiger partial charge on any atom is 0.126 e. The van der Waals surface area contributed by atoms with Crippen LogP contribution in [0.25, 0.3) is 125 Å². The highest BCUT2D eigenvalue weighted by molar-refractivity contribution is 7.23. The van der Waals surface area contributed by atoms with E-state index in [-0.39, 0.29) is 46.4 Å². The first kappa shape index (κ1) is 72.3. The zero-order chi connectivity index (χ0) is 74.1. The number of benzene rings is 12. The minimum atomic E-state index is -0.366. The number of nitrogen functional groups attached to an aromatic ring is 4. The van der Waals surface area contributed by atoms with Crippen molar-refractivity contribution in [2.75, 3.05) is 37.2 Å². The lowest BCUT2D eigenvalue weighted by Crippen LogP contribution is -1.90. The maximum absolute atomic E-state index is 13.0. The summed E-state index contributed by atoms with van der Waals surface area (Å²) in [5.74, 6) is 0.177. The van der Waals surface area contributed by atoms with Crippen molar-refractivity contribution in [3.8, 4) is 86.4 Å². The predicted molar refractivity (Wildman–Crippen MR) is 424 cm³/mol. The van der Waals surface area contributed by atoms with Crippen molar-refractivity contribution in [1.82, 2.24) is 29.9 Å². The van der Waals surface area contributed by atoms with Crippen LogP contribution < -0.4 is 32.4 Å². The number of phenolic OH excluding ortho intramolecular Hbond substituents is 2. The fourth-order valence-electron chi connectivity index (χ4n) is 10.4. The number of anilines is 4. The number of methoxy groups -OCH3 is 2. The SMILES string of the molecule is COc1ccc2nc(-c3ccc(F)cc3)sc2c1.COc1ccc2nc(-c3ccc([18F])cc3)sc2c1.Nc1cc(F)ccc1-c1nc2ccc(O)cc2s1.Nc1cc(F)ccc1-c1nc2ccccc2s1.Nc1cc([18F])ccc1-c1nc2ccc(O)cc2s1.Nc1cc([18F])ccc1-c1nc2ccccc2s1. The maximum atomic E-state index is 13.0. The molecule has 0 aliphatic carbocycles. The molecule has 14 nitrogen and oxygen atoms in total. The fraction of sp³-hybridized carbons (Fsp3) is 0.0250. The first-order valence-corrected chi connectivity index (χ1v) is 36.7. The summed E-state index contributed by atoms with van der Waals surface area (Å²) < 4.78 is 94.1. The zero-order valence-electron chi connectivity index (χ0n) is 55.5. The summed E-state index contributed by atoms with van der Waals surface area (Å²) in [6.07, 6.45) is 0. The molecule has 0 fully saturated rings. The van der Waals surface area contributed by atoms with Crippen LogP contribution in [0.4, 0.5) is 49.1 Å². The van der Waals surface area contributed by atoms with Gasteiger partial charge in [-0.2, -0.15) is 0 Å². The number of nitrogens with zero attached hydrogens (tertiary/aromatic N) is 6. The van der Waals surface area contributed by atoms with Crippen LogP contribution >= 0.6 is 68.0 Å². The van der Waals surface area contributed by atoms with Gasteiger partial charge in [0.15, 0.2) is 0 Å². The Hall–Kier alpha value is -12.0. The number of phenols is 2. The molecule has 18 rings (SSSR count). The summed E-state index contributed by atoms with van der Waals surface area (Å²) in [6, 6.07) is 67.3. The Morgan fingerprint density at radius 2 is 0.519 bits per heavy atom. The first-order chi connectivity index (χ1) is 51.3. The quantitative estimate of drug-likeness (QED) is 0.0613. The van der Waals surface area contributed by atoms with Crippen LogP contribution in [0.3, 0.4) is 0 Å². The largest absolute Gasteiger partial charge is 0.508 e. The third-order valence-electron chi connectivity index (χ3n) is 15.7. The van der Waals surface area contributed by atoms with Gasteiger partial charge in [-0.1, -0.05) is 24.3 Å². The number of aromatic nitrogens is 6. The third-order valence-corrected chi connectivity index (χ3v) is 22.1. The van der Waals surface area contributed by atoms with Crippen molar-refractivity contribution >= 4 is 152 Å². The summed E-state index contributed by atoms with van der Waals surface area (Å²) in [4.78, 5) is 26.9. The van der Waals surface area contributed by atoms with E-state index in [4.69, 9.17) is 32.4 Å². The van der Waals surface area contributed by atoms with Crippen LogP contribution in [-0.4, -0.2) is 54.3 Å². The Labute approximate surface area is 624 Å². The molecule has 0 unspecified atom stereocenters. The van der Waals surface area contributed by atoms with Crippen molar-refractivity contribution in [3.63, 3.8) is 0 Å². The van der Waals surface area contributed by atoms with E-state index >= 15 is 0 Å². The molecule has 0 aliphatic heterocycles. The number of ether oxygens (including phenoxy) is 2. The van der Waals surface area contributed by atoms with Crippen molar-refractivity contribution in [1.29, 1.82) is 0 Å². The smallest absolute Gasteiger partial charge is 0.126 e. The molecule has 0 amide bonds. The molecule has 0 spiro atoms. The molecule has 0 aliphatic rings. The number of hydrogen-bond donors (Lipinski definition) is 6. The van der Waals surface area contributed by atoms with E-state index < -0.39 is 0 Å². The van der Waals surface area contributed by atoms with Crippen LogP contribution in [0, 0.1) is 34.9 Å². The van der Waals surface area contributed by atoms with Gasteiger partial charge >= 0.3 is 0 Å². The van der Waals surface area contributed by atoms with Crippen molar-refractivity contribution in [3.05, 3.63) is 278 Å². The molecule has 0 atom stereocenters. The van der Waals surface area contributed by atoms with E-state index in [2.05, 4.69) is 29.9 Å². The van der Waals surface area contributed by atoms with Crippen molar-refractivity contribution in [2.24, 2.45) is 0 Å². The number of halogens is 6. The molecular weight excluding hydrogens is 1470 g/mol. The van der Waals surface area contributed by atoms with Gasteiger partial charge in [-0.25, -0.2) is 56.2 Å². The minimum absolute atomic E-state index is 0.199. The molecule has 6 aromatic heterocycles. The monoisotopic (exact) mass is 1520 g/mol. The molecule has 12 aromatic carbocycles. The molecule has 528 valence electrons. The van der Waals surface area contributed by atoms with E-state index in [9.17, 15) is 36.6 Å². The second kappa shape index (κ2) is 32.3. The summed E-state index contributed by atoms with van der Waals surface area (Å²) in [7, 11) is 3.28. The fourth-order valence-corrected chi connectivity index (χ4v) is 16.6. The lowest BCUT2D eigenvalue weighted by Gasteiger charge is -2.00. The summed E-state index contributed by atoms with van der Waals surface area (Å²) in [6.45, 7) is 0. The highest BCUT2D eigenvalue weighted by atomic mass is 32.1. The topological polar surface area (TPSA) is 240 Å². The number of hydrogen-bond acceptors (Lipinski definition) is 20. The molecule has 0 radical (unpaired) electrons. The van der Waals surface area contributed by atoms with Gasteiger partial charge in [0.25, 0.3) is 0 Å². The Morgan fingerprint density at radius 1 is 0.264 bits per heavy atom. The normalized spacial score (nSPS) is 10.9. The number of fused-ring (bicyclic) bond motifs is 6. The number of aromatic hydroxyl groups is 2. The van der Waals surface area contributed by atoms with Gasteiger partial charge in [0.1, 0.15) is 87.9 Å². The van der Waals surface area contributed by atoms with Gasteiger partial charge in [0.05, 0.1) is 75.5 Å². The van der Waals surface area contributed by atoms with Crippen LogP contribution in [0.1, 0.15) is 0 Å². The van der Waals surface area contributed by atoms with E-state index in [1.165, 1.54) is 95.5 Å². The van der Waals surface area contributed by atoms with Crippen molar-refractivity contribution in [2.45, 2.75) is 0 Å². The van der Waals surface area contributed by atoms with E-state index in [1.54, 1.807) is 144 Å². The van der Waals surface area contributed by atoms with Gasteiger partial charge in [-0.15, -0.1) is 68.0 Å². The molecule has 18 aromatic rings. The zero-order valence-corrected chi connectivity index (χ0v) is 60.4. The average molecular weight is 1520 g/mol. The Kier molecular flexibility index (Phi) is 22.1. The van der Waals surface area contributed by atoms with E-state index in [1.807, 2.05) is 84.9 Å². The molecule has 6 heterocycles. The first-order valence-electron chi connectivity index (χ1n) is 31.8. The van der Waals surface area contributed by atoms with E-state index in [0.717, 1.165) is 115 Å². The lowest BCUT2D eigenvalue weighted by atomic mass is 10.2.